The molecule has 1 aromatic carbocycles. The van der Waals surface area contributed by atoms with Crippen LogP contribution >= 0.6 is 11.6 Å². The number of hydrogen-bond donors (Lipinski definition) is 1. The quantitative estimate of drug-likeness (QED) is 0.860. The van der Waals surface area contributed by atoms with Crippen LogP contribution < -0.4 is 4.74 Å². The summed E-state index contributed by atoms with van der Waals surface area (Å²) in [6.07, 6.45) is 2.29. The van der Waals surface area contributed by atoms with Gasteiger partial charge in [0, 0.05) is 12.0 Å². The topological polar surface area (TPSA) is 55.2 Å². The lowest BCUT2D eigenvalue weighted by Crippen LogP contribution is -2.22. The largest absolute Gasteiger partial charge is 0.489 e. The molecule has 6 heteroatoms. The van der Waals surface area contributed by atoms with Crippen molar-refractivity contribution in [1.82, 2.24) is 9.97 Å². The van der Waals surface area contributed by atoms with Gasteiger partial charge in [-0.2, -0.15) is 0 Å². The van der Waals surface area contributed by atoms with Gasteiger partial charge in [-0.25, -0.2) is 14.4 Å². The highest BCUT2D eigenvalue weighted by molar-refractivity contribution is 6.28. The number of aromatic nitrogens is 2. The van der Waals surface area contributed by atoms with E-state index in [0.717, 1.165) is 12.0 Å². The van der Waals surface area contributed by atoms with Crippen molar-refractivity contribution in [3.63, 3.8) is 0 Å². The predicted molar refractivity (Wildman–Crippen MR) is 80.5 cm³/mol. The van der Waals surface area contributed by atoms with E-state index < -0.39 is 0 Å². The van der Waals surface area contributed by atoms with Crippen LogP contribution in [0, 0.1) is 18.7 Å². The first-order valence-corrected chi connectivity index (χ1v) is 7.42. The molecule has 0 spiro atoms. The van der Waals surface area contributed by atoms with E-state index in [1.807, 2.05) is 6.07 Å². The second-order valence-corrected chi connectivity index (χ2v) is 5.97. The molecule has 4 nitrogen and oxygen atoms in total. The van der Waals surface area contributed by atoms with Gasteiger partial charge in [-0.15, -0.1) is 0 Å². The highest BCUT2D eigenvalue weighted by atomic mass is 35.5. The Kier molecular flexibility index (Phi) is 4.02. The molecule has 1 saturated carbocycles. The molecule has 1 aliphatic rings. The van der Waals surface area contributed by atoms with Crippen molar-refractivity contribution in [3.05, 3.63) is 52.8 Å². The highest BCUT2D eigenvalue weighted by Gasteiger charge is 2.55. The van der Waals surface area contributed by atoms with E-state index in [9.17, 15) is 9.50 Å². The Morgan fingerprint density at radius 2 is 2.32 bits per heavy atom. The summed E-state index contributed by atoms with van der Waals surface area (Å²) in [4.78, 5) is 7.95. The lowest BCUT2D eigenvalue weighted by atomic mass is 9.94. The fourth-order valence-corrected chi connectivity index (χ4v) is 2.98. The van der Waals surface area contributed by atoms with Gasteiger partial charge in [0.15, 0.2) is 5.75 Å². The zero-order chi connectivity index (χ0) is 15.7. The standard InChI is InChI=1S/C16H16ClFN2O2/c1-10-14(7-19-15(17)20-10)22-9-16(6-12(16)8-21)11-3-2-4-13(18)5-11/h2-5,7,12,21H,6,8-9H2,1H3/t12-,16?/m0/s1. The molecule has 1 N–H and O–H groups in total. The maximum Gasteiger partial charge on any atom is 0.222 e. The molecule has 3 rings (SSSR count). The number of benzene rings is 1. The summed E-state index contributed by atoms with van der Waals surface area (Å²) < 4.78 is 19.3. The van der Waals surface area contributed by atoms with Crippen molar-refractivity contribution in [3.8, 4) is 5.75 Å². The molecule has 0 radical (unpaired) electrons. The normalized spacial score (nSPS) is 23.4. The van der Waals surface area contributed by atoms with E-state index in [4.69, 9.17) is 16.3 Å². The van der Waals surface area contributed by atoms with Crippen molar-refractivity contribution in [2.24, 2.45) is 5.92 Å². The number of aryl methyl sites for hydroxylation is 1. The number of nitrogens with zero attached hydrogens (tertiary/aromatic N) is 2. The third-order valence-electron chi connectivity index (χ3n) is 4.24. The van der Waals surface area contributed by atoms with Crippen LogP contribution in [0.4, 0.5) is 4.39 Å². The molecule has 2 atom stereocenters. The fraction of sp³-hybridized carbons (Fsp3) is 0.375. The third-order valence-corrected chi connectivity index (χ3v) is 4.42. The maximum atomic E-state index is 13.5. The number of rotatable bonds is 5. The summed E-state index contributed by atoms with van der Waals surface area (Å²) in [5, 5.41) is 9.64. The number of hydrogen-bond acceptors (Lipinski definition) is 4. The monoisotopic (exact) mass is 322 g/mol. The first-order valence-electron chi connectivity index (χ1n) is 7.04. The molecule has 0 saturated heterocycles. The average Bonchev–Trinajstić information content (AvgIpc) is 3.21. The molecule has 1 aliphatic carbocycles. The molecule has 2 aromatic rings. The maximum absolute atomic E-state index is 13.5. The molecule has 22 heavy (non-hydrogen) atoms. The summed E-state index contributed by atoms with van der Waals surface area (Å²) in [5.74, 6) is 0.332. The summed E-state index contributed by atoms with van der Waals surface area (Å²) in [5.41, 5.74) is 1.14. The Labute approximate surface area is 132 Å². The van der Waals surface area contributed by atoms with Crippen molar-refractivity contribution < 1.29 is 14.2 Å². The van der Waals surface area contributed by atoms with Crippen LogP contribution in [0.5, 0.6) is 5.75 Å². The van der Waals surface area contributed by atoms with E-state index >= 15 is 0 Å². The van der Waals surface area contributed by atoms with Crippen LogP contribution in [-0.4, -0.2) is 28.3 Å². The smallest absolute Gasteiger partial charge is 0.222 e. The number of aliphatic hydroxyl groups excluding tert-OH is 1. The molecular formula is C16H16ClFN2O2. The minimum atomic E-state index is -0.358. The minimum absolute atomic E-state index is 0.0516. The molecule has 1 fully saturated rings. The SMILES string of the molecule is Cc1nc(Cl)ncc1OCC1(c2cccc(F)c2)C[C@H]1CO. The molecule has 1 unspecified atom stereocenters. The minimum Gasteiger partial charge on any atom is -0.489 e. The van der Waals surface area contributed by atoms with Crippen LogP contribution in [0.15, 0.2) is 30.5 Å². The zero-order valence-electron chi connectivity index (χ0n) is 12.1. The van der Waals surface area contributed by atoms with Crippen LogP contribution in [-0.2, 0) is 5.41 Å². The van der Waals surface area contributed by atoms with E-state index in [0.29, 0.717) is 18.1 Å². The predicted octanol–water partition coefficient (Wildman–Crippen LogP) is 2.91. The molecular weight excluding hydrogens is 307 g/mol. The van der Waals surface area contributed by atoms with Gasteiger partial charge in [-0.1, -0.05) is 12.1 Å². The number of aliphatic hydroxyl groups is 1. The van der Waals surface area contributed by atoms with Crippen molar-refractivity contribution in [1.29, 1.82) is 0 Å². The fourth-order valence-electron chi connectivity index (χ4n) is 2.81. The second-order valence-electron chi connectivity index (χ2n) is 5.63. The highest BCUT2D eigenvalue weighted by Crippen LogP contribution is 2.54. The van der Waals surface area contributed by atoms with Gasteiger partial charge in [0.1, 0.15) is 5.82 Å². The molecule has 0 amide bonds. The van der Waals surface area contributed by atoms with E-state index in [1.165, 1.54) is 18.3 Å². The van der Waals surface area contributed by atoms with Crippen LogP contribution in [0.3, 0.4) is 0 Å². The second kappa shape index (κ2) is 5.82. The Balaban J connectivity index is 1.81. The van der Waals surface area contributed by atoms with Crippen molar-refractivity contribution in [2.75, 3.05) is 13.2 Å². The number of ether oxygens (including phenoxy) is 1. The molecule has 1 heterocycles. The molecule has 0 bridgehead atoms. The van der Waals surface area contributed by atoms with Gasteiger partial charge in [0.2, 0.25) is 5.28 Å². The zero-order valence-corrected chi connectivity index (χ0v) is 12.8. The molecule has 1 aromatic heterocycles. The van der Waals surface area contributed by atoms with Crippen LogP contribution in [0.25, 0.3) is 0 Å². The van der Waals surface area contributed by atoms with Gasteiger partial charge >= 0.3 is 0 Å². The first kappa shape index (κ1) is 15.2. The summed E-state index contributed by atoms with van der Waals surface area (Å²) in [6, 6.07) is 6.46. The molecule has 116 valence electrons. The van der Waals surface area contributed by atoms with Crippen LogP contribution in [0.2, 0.25) is 5.28 Å². The van der Waals surface area contributed by atoms with Gasteiger partial charge < -0.3 is 9.84 Å². The molecule has 0 aliphatic heterocycles. The Morgan fingerprint density at radius 1 is 1.50 bits per heavy atom. The van der Waals surface area contributed by atoms with Crippen molar-refractivity contribution >= 4 is 11.6 Å². The van der Waals surface area contributed by atoms with E-state index in [-0.39, 0.29) is 29.0 Å². The summed E-state index contributed by atoms with van der Waals surface area (Å²) in [7, 11) is 0. The van der Waals surface area contributed by atoms with Gasteiger partial charge in [0.25, 0.3) is 0 Å². The Bertz CT molecular complexity index is 698. The van der Waals surface area contributed by atoms with E-state index in [2.05, 4.69) is 9.97 Å². The average molecular weight is 323 g/mol. The summed E-state index contributed by atoms with van der Waals surface area (Å²) in [6.45, 7) is 2.18. The lowest BCUT2D eigenvalue weighted by molar-refractivity contribution is 0.224. The van der Waals surface area contributed by atoms with Crippen molar-refractivity contribution in [2.45, 2.75) is 18.8 Å². The Morgan fingerprint density at radius 3 is 2.95 bits per heavy atom. The van der Waals surface area contributed by atoms with Gasteiger partial charge in [-0.05, 0) is 48.6 Å². The summed E-state index contributed by atoms with van der Waals surface area (Å²) >= 11 is 5.73. The Hall–Kier alpha value is -1.72. The number of halogens is 2. The van der Waals surface area contributed by atoms with E-state index in [1.54, 1.807) is 13.0 Å². The van der Waals surface area contributed by atoms with Crippen LogP contribution in [0.1, 0.15) is 17.7 Å². The van der Waals surface area contributed by atoms with Gasteiger partial charge in [0.05, 0.1) is 18.5 Å². The lowest BCUT2D eigenvalue weighted by Gasteiger charge is -2.19. The third kappa shape index (κ3) is 2.78. The first-order chi connectivity index (χ1) is 10.5. The van der Waals surface area contributed by atoms with Gasteiger partial charge in [-0.3, -0.25) is 0 Å².